The summed E-state index contributed by atoms with van der Waals surface area (Å²) in [5, 5.41) is 2.78. The molecule has 3 aromatic rings. The van der Waals surface area contributed by atoms with Crippen LogP contribution in [0.4, 0.5) is 10.1 Å². The van der Waals surface area contributed by atoms with Crippen LogP contribution in [-0.4, -0.2) is 20.9 Å². The number of hydrogen-bond acceptors (Lipinski definition) is 3. The van der Waals surface area contributed by atoms with Crippen LogP contribution in [0.25, 0.3) is 0 Å². The summed E-state index contributed by atoms with van der Waals surface area (Å²) in [6, 6.07) is 20.3. The Hall–Kier alpha value is -3.19. The molecule has 0 aromatic heterocycles. The van der Waals surface area contributed by atoms with Crippen LogP contribution < -0.4 is 9.62 Å². The Labute approximate surface area is 176 Å². The Morgan fingerprint density at radius 2 is 1.57 bits per heavy atom. The highest BCUT2D eigenvalue weighted by molar-refractivity contribution is 7.92. The lowest BCUT2D eigenvalue weighted by molar-refractivity contribution is -0.120. The van der Waals surface area contributed by atoms with Crippen LogP contribution in [0.15, 0.2) is 83.8 Å². The molecule has 0 aliphatic carbocycles. The topological polar surface area (TPSA) is 66.5 Å². The number of nitrogens with zero attached hydrogens (tertiary/aromatic N) is 1. The fourth-order valence-electron chi connectivity index (χ4n) is 3.00. The number of sulfonamides is 1. The van der Waals surface area contributed by atoms with Gasteiger partial charge in [0, 0.05) is 0 Å². The number of halogens is 1. The molecule has 0 aliphatic rings. The first-order chi connectivity index (χ1) is 14.3. The van der Waals surface area contributed by atoms with Crippen LogP contribution in [0.5, 0.6) is 0 Å². The van der Waals surface area contributed by atoms with Crippen LogP contribution in [0.2, 0.25) is 0 Å². The lowest BCUT2D eigenvalue weighted by atomic mass is 10.1. The highest BCUT2D eigenvalue weighted by Crippen LogP contribution is 2.24. The molecule has 1 atom stereocenters. The molecule has 0 spiro atoms. The second kappa shape index (κ2) is 9.09. The van der Waals surface area contributed by atoms with Gasteiger partial charge in [0.05, 0.1) is 16.6 Å². The molecule has 156 valence electrons. The number of carbonyl (C=O) groups is 1. The number of rotatable bonds is 7. The van der Waals surface area contributed by atoms with Crippen molar-refractivity contribution in [2.45, 2.75) is 24.8 Å². The molecule has 1 unspecified atom stereocenters. The molecule has 0 heterocycles. The van der Waals surface area contributed by atoms with E-state index in [9.17, 15) is 17.6 Å². The number of amides is 1. The SMILES string of the molecule is Cc1ccc(N(CC(=O)NC(C)c2ccc(F)cc2)S(=O)(=O)c2ccccc2)cc1. The number of carbonyl (C=O) groups excluding carboxylic acids is 1. The fraction of sp³-hybridized carbons (Fsp3) is 0.174. The smallest absolute Gasteiger partial charge is 0.264 e. The predicted octanol–water partition coefficient (Wildman–Crippen LogP) is 4.21. The largest absolute Gasteiger partial charge is 0.348 e. The summed E-state index contributed by atoms with van der Waals surface area (Å²) in [6.45, 7) is 3.27. The molecule has 30 heavy (non-hydrogen) atoms. The van der Waals surface area contributed by atoms with Crippen LogP contribution >= 0.6 is 0 Å². The quantitative estimate of drug-likeness (QED) is 0.616. The third-order valence-corrected chi connectivity index (χ3v) is 6.48. The van der Waals surface area contributed by atoms with Gasteiger partial charge in [-0.25, -0.2) is 12.8 Å². The van der Waals surface area contributed by atoms with E-state index in [4.69, 9.17) is 0 Å². The molecule has 0 saturated carbocycles. The minimum absolute atomic E-state index is 0.102. The van der Waals surface area contributed by atoms with Crippen molar-refractivity contribution in [3.63, 3.8) is 0 Å². The monoisotopic (exact) mass is 426 g/mol. The van der Waals surface area contributed by atoms with E-state index in [2.05, 4.69) is 5.32 Å². The van der Waals surface area contributed by atoms with Gasteiger partial charge in [0.1, 0.15) is 12.4 Å². The van der Waals surface area contributed by atoms with E-state index in [0.717, 1.165) is 15.4 Å². The fourth-order valence-corrected chi connectivity index (χ4v) is 4.44. The Morgan fingerprint density at radius 1 is 0.967 bits per heavy atom. The molecule has 1 N–H and O–H groups in total. The zero-order valence-electron chi connectivity index (χ0n) is 16.7. The normalized spacial score (nSPS) is 12.2. The Kier molecular flexibility index (Phi) is 6.52. The summed E-state index contributed by atoms with van der Waals surface area (Å²) >= 11 is 0. The van der Waals surface area contributed by atoms with Crippen molar-refractivity contribution in [1.82, 2.24) is 5.32 Å². The van der Waals surface area contributed by atoms with Gasteiger partial charge < -0.3 is 5.32 Å². The van der Waals surface area contributed by atoms with Crippen LogP contribution in [0, 0.1) is 12.7 Å². The van der Waals surface area contributed by atoms with Gasteiger partial charge in [-0.2, -0.15) is 0 Å². The average Bonchev–Trinajstić information content (AvgIpc) is 2.74. The molecule has 3 aromatic carbocycles. The molecule has 0 bridgehead atoms. The van der Waals surface area contributed by atoms with Crippen molar-refractivity contribution in [2.75, 3.05) is 10.8 Å². The van der Waals surface area contributed by atoms with Crippen molar-refractivity contribution in [3.8, 4) is 0 Å². The number of benzene rings is 3. The van der Waals surface area contributed by atoms with Gasteiger partial charge in [-0.1, -0.05) is 48.0 Å². The standard InChI is InChI=1S/C23H23FN2O3S/c1-17-8-14-21(15-9-17)26(30(28,29)22-6-4-3-5-7-22)16-23(27)25-18(2)19-10-12-20(24)13-11-19/h3-15,18H,16H2,1-2H3,(H,25,27). The van der Waals surface area contributed by atoms with E-state index < -0.39 is 22.0 Å². The minimum Gasteiger partial charge on any atom is -0.348 e. The van der Waals surface area contributed by atoms with Gasteiger partial charge in [0.15, 0.2) is 0 Å². The van der Waals surface area contributed by atoms with Crippen LogP contribution in [-0.2, 0) is 14.8 Å². The second-order valence-corrected chi connectivity index (χ2v) is 8.86. The maximum Gasteiger partial charge on any atom is 0.264 e. The molecule has 0 aliphatic heterocycles. The molecule has 7 heteroatoms. The second-order valence-electron chi connectivity index (χ2n) is 7.00. The summed E-state index contributed by atoms with van der Waals surface area (Å²) in [4.78, 5) is 12.8. The van der Waals surface area contributed by atoms with Gasteiger partial charge in [0.25, 0.3) is 10.0 Å². The van der Waals surface area contributed by atoms with Gasteiger partial charge in [0.2, 0.25) is 5.91 Å². The van der Waals surface area contributed by atoms with Gasteiger partial charge in [-0.3, -0.25) is 9.10 Å². The number of nitrogens with one attached hydrogen (secondary N) is 1. The molecule has 1 amide bonds. The predicted molar refractivity (Wildman–Crippen MR) is 115 cm³/mol. The number of anilines is 1. The van der Waals surface area contributed by atoms with Gasteiger partial charge in [-0.15, -0.1) is 0 Å². The molecule has 3 rings (SSSR count). The third kappa shape index (κ3) is 5.04. The Balaban J connectivity index is 1.86. The van der Waals surface area contributed by atoms with Crippen molar-refractivity contribution < 1.29 is 17.6 Å². The lowest BCUT2D eigenvalue weighted by Crippen LogP contribution is -2.41. The molecule has 0 radical (unpaired) electrons. The average molecular weight is 427 g/mol. The number of aryl methyl sites for hydroxylation is 1. The summed E-state index contributed by atoms with van der Waals surface area (Å²) in [5.74, 6) is -0.830. The van der Waals surface area contributed by atoms with E-state index in [1.54, 1.807) is 61.5 Å². The van der Waals surface area contributed by atoms with Crippen molar-refractivity contribution in [1.29, 1.82) is 0 Å². The zero-order chi connectivity index (χ0) is 21.7. The van der Waals surface area contributed by atoms with Crippen molar-refractivity contribution >= 4 is 21.6 Å². The first kappa shape index (κ1) is 21.5. The van der Waals surface area contributed by atoms with Crippen LogP contribution in [0.1, 0.15) is 24.1 Å². The van der Waals surface area contributed by atoms with E-state index in [1.165, 1.54) is 24.3 Å². The zero-order valence-corrected chi connectivity index (χ0v) is 17.6. The highest BCUT2D eigenvalue weighted by Gasteiger charge is 2.27. The van der Waals surface area contributed by atoms with Crippen molar-refractivity contribution in [3.05, 3.63) is 95.8 Å². The summed E-state index contributed by atoms with van der Waals surface area (Å²) < 4.78 is 40.7. The van der Waals surface area contributed by atoms with E-state index in [-0.39, 0.29) is 17.3 Å². The van der Waals surface area contributed by atoms with Crippen LogP contribution in [0.3, 0.4) is 0 Å². The van der Waals surface area contributed by atoms with Gasteiger partial charge in [-0.05, 0) is 55.8 Å². The van der Waals surface area contributed by atoms with E-state index in [0.29, 0.717) is 5.69 Å². The minimum atomic E-state index is -3.95. The molecule has 0 fully saturated rings. The Morgan fingerprint density at radius 3 is 2.17 bits per heavy atom. The van der Waals surface area contributed by atoms with E-state index >= 15 is 0 Å². The highest BCUT2D eigenvalue weighted by atomic mass is 32.2. The first-order valence-electron chi connectivity index (χ1n) is 9.46. The maximum atomic E-state index is 13.3. The number of hydrogen-bond donors (Lipinski definition) is 1. The maximum absolute atomic E-state index is 13.3. The van der Waals surface area contributed by atoms with E-state index in [1.807, 2.05) is 6.92 Å². The molecule has 5 nitrogen and oxygen atoms in total. The molecular formula is C23H23FN2O3S. The lowest BCUT2D eigenvalue weighted by Gasteiger charge is -2.25. The van der Waals surface area contributed by atoms with Crippen molar-refractivity contribution in [2.24, 2.45) is 0 Å². The molecular weight excluding hydrogens is 403 g/mol. The summed E-state index contributed by atoms with van der Waals surface area (Å²) in [6.07, 6.45) is 0. The third-order valence-electron chi connectivity index (χ3n) is 4.69. The summed E-state index contributed by atoms with van der Waals surface area (Å²) in [5.41, 5.74) is 2.09. The first-order valence-corrected chi connectivity index (χ1v) is 10.9. The molecule has 0 saturated heterocycles. The Bertz CT molecular complexity index is 1100. The summed E-state index contributed by atoms with van der Waals surface area (Å²) in [7, 11) is -3.95. The van der Waals surface area contributed by atoms with Gasteiger partial charge >= 0.3 is 0 Å².